The highest BCUT2D eigenvalue weighted by Gasteiger charge is 2.52. The Labute approximate surface area is 340 Å². The van der Waals surface area contributed by atoms with Crippen molar-refractivity contribution in [3.05, 3.63) is 253 Å². The van der Waals surface area contributed by atoms with E-state index in [1.165, 1.54) is 82.6 Å². The summed E-state index contributed by atoms with van der Waals surface area (Å²) in [6, 6.07) is 86.2. The average Bonchev–Trinajstić information content (AvgIpc) is 3.60. The van der Waals surface area contributed by atoms with Gasteiger partial charge in [-0.2, -0.15) is 0 Å². The molecule has 1 spiro atoms. The van der Waals surface area contributed by atoms with Gasteiger partial charge in [-0.05, 0) is 103 Å². The maximum atomic E-state index is 2.50. The Hall–Kier alpha value is -7.20. The molecule has 0 amide bonds. The van der Waals surface area contributed by atoms with Crippen LogP contribution in [0.1, 0.15) is 22.3 Å². The van der Waals surface area contributed by atoms with E-state index >= 15 is 0 Å². The first-order valence-corrected chi connectivity index (χ1v) is 22.2. The Balaban J connectivity index is 1.08. The van der Waals surface area contributed by atoms with Crippen molar-refractivity contribution >= 4 is 62.9 Å². The first-order valence-electron chi connectivity index (χ1n) is 20.2. The lowest BCUT2D eigenvalue weighted by Crippen LogP contribution is -2.77. The van der Waals surface area contributed by atoms with E-state index in [0.717, 1.165) is 5.69 Å². The van der Waals surface area contributed by atoms with Crippen molar-refractivity contribution < 1.29 is 0 Å². The number of benzene rings is 9. The summed E-state index contributed by atoms with van der Waals surface area (Å²) in [4.78, 5) is 4.96. The second-order valence-electron chi connectivity index (χ2n) is 15.6. The smallest absolute Gasteiger partial charge is 0.184 e. The van der Waals surface area contributed by atoms with E-state index in [9.17, 15) is 0 Å². The van der Waals surface area contributed by atoms with Crippen LogP contribution in [0.5, 0.6) is 0 Å². The molecule has 0 aromatic heterocycles. The summed E-state index contributed by atoms with van der Waals surface area (Å²) in [5.74, 6) is 0. The Kier molecular flexibility index (Phi) is 7.20. The third-order valence-corrected chi connectivity index (χ3v) is 17.8. The van der Waals surface area contributed by atoms with Crippen LogP contribution < -0.4 is 30.5 Å². The Bertz CT molecular complexity index is 2880. The predicted molar refractivity (Wildman–Crippen MR) is 244 cm³/mol. The first kappa shape index (κ1) is 33.0. The summed E-state index contributed by atoms with van der Waals surface area (Å²) in [6.45, 7) is 0. The zero-order valence-electron chi connectivity index (χ0n) is 31.8. The molecule has 0 atom stereocenters. The highest BCUT2D eigenvalue weighted by molar-refractivity contribution is 7.21. The van der Waals surface area contributed by atoms with Gasteiger partial charge in [-0.25, -0.2) is 0 Å². The van der Waals surface area contributed by atoms with Gasteiger partial charge in [0, 0.05) is 22.7 Å². The van der Waals surface area contributed by atoms with Crippen molar-refractivity contribution in [2.24, 2.45) is 0 Å². The molecule has 1 aliphatic carbocycles. The summed E-state index contributed by atoms with van der Waals surface area (Å²) in [7, 11) is -2.83. The number of anilines is 6. The number of fused-ring (bicyclic) bond motifs is 11. The standard InChI is InChI=1S/C55H38N2Si/c1-3-19-39(20-4-1)57-51-31-15-17-33-53(51)58(41-21-5-2-6-22-41,54-34-18-16-32-52(54)57)42-37-35-40(36-38-42)56-49-29-13-11-27-47(49)55(48-28-12-14-30-50(48)56)45-25-9-7-23-43(45)44-24-8-10-26-46(44)55/h1-38H. The summed E-state index contributed by atoms with van der Waals surface area (Å²) >= 11 is 0. The molecule has 2 aliphatic heterocycles. The van der Waals surface area contributed by atoms with Crippen molar-refractivity contribution in [1.82, 2.24) is 0 Å². The van der Waals surface area contributed by atoms with E-state index in [2.05, 4.69) is 240 Å². The normalized spacial score (nSPS) is 14.8. The molecule has 0 saturated carbocycles. The predicted octanol–water partition coefficient (Wildman–Crippen LogP) is 11.0. The van der Waals surface area contributed by atoms with E-state index in [1.54, 1.807) is 0 Å². The topological polar surface area (TPSA) is 6.48 Å². The van der Waals surface area contributed by atoms with Gasteiger partial charge < -0.3 is 9.80 Å². The highest BCUT2D eigenvalue weighted by atomic mass is 28.3. The van der Waals surface area contributed by atoms with E-state index in [0.29, 0.717) is 0 Å². The Morgan fingerprint density at radius 2 is 0.638 bits per heavy atom. The number of nitrogens with zero attached hydrogens (tertiary/aromatic N) is 2. The fourth-order valence-electron chi connectivity index (χ4n) is 10.8. The lowest BCUT2D eigenvalue weighted by atomic mass is 9.64. The molecule has 2 nitrogen and oxygen atoms in total. The molecule has 0 radical (unpaired) electrons. The molecule has 12 rings (SSSR count). The van der Waals surface area contributed by atoms with Gasteiger partial charge in [0.1, 0.15) is 0 Å². The van der Waals surface area contributed by atoms with Gasteiger partial charge in [-0.15, -0.1) is 0 Å². The van der Waals surface area contributed by atoms with Gasteiger partial charge in [0.2, 0.25) is 0 Å². The highest BCUT2D eigenvalue weighted by Crippen LogP contribution is 2.63. The molecule has 0 fully saturated rings. The minimum atomic E-state index is -2.83. The summed E-state index contributed by atoms with van der Waals surface area (Å²) in [5, 5.41) is 5.53. The number of rotatable bonds is 4. The molecule has 0 unspecified atom stereocenters. The Morgan fingerprint density at radius 1 is 0.276 bits per heavy atom. The number of hydrogen-bond donors (Lipinski definition) is 0. The van der Waals surface area contributed by atoms with Gasteiger partial charge in [0.25, 0.3) is 0 Å². The fraction of sp³-hybridized carbons (Fsp3) is 0.0182. The van der Waals surface area contributed by atoms with Gasteiger partial charge in [-0.3, -0.25) is 0 Å². The molecule has 3 aliphatic rings. The Morgan fingerprint density at radius 3 is 1.17 bits per heavy atom. The van der Waals surface area contributed by atoms with Crippen molar-refractivity contribution in [2.45, 2.75) is 5.41 Å². The second kappa shape index (κ2) is 12.7. The van der Waals surface area contributed by atoms with Crippen molar-refractivity contribution in [1.29, 1.82) is 0 Å². The van der Waals surface area contributed by atoms with Crippen molar-refractivity contribution in [2.75, 3.05) is 9.80 Å². The van der Waals surface area contributed by atoms with Gasteiger partial charge in [0.15, 0.2) is 8.07 Å². The quantitative estimate of drug-likeness (QED) is 0.165. The van der Waals surface area contributed by atoms with Crippen LogP contribution in [0.15, 0.2) is 231 Å². The van der Waals surface area contributed by atoms with Gasteiger partial charge in [-0.1, -0.05) is 182 Å². The SMILES string of the molecule is c1ccc(N2c3ccccc3[Si](c3ccccc3)(c3ccc(N4c5ccccc5C5(c6ccccc6-c6ccccc65)c5ccccc54)cc3)c3ccccc32)cc1. The maximum absolute atomic E-state index is 2.83. The zero-order chi connectivity index (χ0) is 38.3. The number of hydrogen-bond acceptors (Lipinski definition) is 2. The first-order chi connectivity index (χ1) is 28.8. The molecule has 58 heavy (non-hydrogen) atoms. The molecule has 0 bridgehead atoms. The molecule has 0 saturated heterocycles. The zero-order valence-corrected chi connectivity index (χ0v) is 32.8. The van der Waals surface area contributed by atoms with Crippen LogP contribution in [0.3, 0.4) is 0 Å². The summed E-state index contributed by atoms with van der Waals surface area (Å²) < 4.78 is 0. The van der Waals surface area contributed by atoms with Crippen LogP contribution in [0.2, 0.25) is 0 Å². The molecule has 9 aromatic rings. The van der Waals surface area contributed by atoms with Crippen LogP contribution in [0.4, 0.5) is 34.1 Å². The lowest BCUT2D eigenvalue weighted by Gasteiger charge is -2.46. The second-order valence-corrected chi connectivity index (χ2v) is 19.3. The molecular formula is C55H38N2Si. The van der Waals surface area contributed by atoms with Crippen molar-refractivity contribution in [3.8, 4) is 11.1 Å². The fourth-order valence-corrected chi connectivity index (χ4v) is 15.9. The van der Waals surface area contributed by atoms with Gasteiger partial charge in [0.05, 0.1) is 16.8 Å². The molecule has 2 heterocycles. The molecule has 9 aromatic carbocycles. The van der Waals surface area contributed by atoms with Crippen LogP contribution in [-0.2, 0) is 5.41 Å². The lowest BCUT2D eigenvalue weighted by molar-refractivity contribution is 0.752. The minimum absolute atomic E-state index is 0.429. The molecule has 3 heteroatoms. The van der Waals surface area contributed by atoms with E-state index < -0.39 is 13.5 Å². The summed E-state index contributed by atoms with van der Waals surface area (Å²) in [6.07, 6.45) is 0. The van der Waals surface area contributed by atoms with Crippen LogP contribution in [0.25, 0.3) is 11.1 Å². The summed E-state index contributed by atoms with van der Waals surface area (Å²) in [5.41, 5.74) is 14.7. The van der Waals surface area contributed by atoms with Gasteiger partial charge >= 0.3 is 0 Å². The van der Waals surface area contributed by atoms with Crippen LogP contribution >= 0.6 is 0 Å². The van der Waals surface area contributed by atoms with Crippen LogP contribution in [0, 0.1) is 0 Å². The monoisotopic (exact) mass is 754 g/mol. The van der Waals surface area contributed by atoms with Crippen molar-refractivity contribution in [3.63, 3.8) is 0 Å². The third kappa shape index (κ3) is 4.31. The van der Waals surface area contributed by atoms with E-state index in [4.69, 9.17) is 0 Å². The van der Waals surface area contributed by atoms with E-state index in [-0.39, 0.29) is 0 Å². The van der Waals surface area contributed by atoms with E-state index in [1.807, 2.05) is 0 Å². The maximum Gasteiger partial charge on any atom is 0.184 e. The molecule has 0 N–H and O–H groups in total. The molecule has 272 valence electrons. The average molecular weight is 755 g/mol. The third-order valence-electron chi connectivity index (χ3n) is 12.9. The number of para-hydroxylation sites is 5. The van der Waals surface area contributed by atoms with Crippen LogP contribution in [-0.4, -0.2) is 8.07 Å². The largest absolute Gasteiger partial charge is 0.311 e. The molecular weight excluding hydrogens is 717 g/mol. The minimum Gasteiger partial charge on any atom is -0.311 e.